The average Bonchev–Trinajstić information content (AvgIpc) is 2.86. The van der Waals surface area contributed by atoms with Crippen molar-refractivity contribution in [1.82, 2.24) is 5.32 Å². The van der Waals surface area contributed by atoms with E-state index in [1.54, 1.807) is 11.8 Å². The summed E-state index contributed by atoms with van der Waals surface area (Å²) in [4.78, 5) is 22.0. The number of nitrogens with one attached hydrogen (secondary N) is 1. The molecule has 1 aromatic carbocycles. The Morgan fingerprint density at radius 1 is 1.50 bits per heavy atom. The van der Waals surface area contributed by atoms with Gasteiger partial charge in [0.15, 0.2) is 0 Å². The van der Waals surface area contributed by atoms with Gasteiger partial charge in [0.1, 0.15) is 5.82 Å². The summed E-state index contributed by atoms with van der Waals surface area (Å²) in [7, 11) is 0. The standard InChI is InChI=1S/C13H15FN2O3S/c1-20-10-4-2-8(6-10)15-13(17)11-7-9(16(18)19)3-5-12(11)14/h3,5,7-8,10H,2,4,6H2,1H3,(H,15,17). The molecule has 0 heterocycles. The van der Waals surface area contributed by atoms with Crippen molar-refractivity contribution in [2.75, 3.05) is 6.26 Å². The summed E-state index contributed by atoms with van der Waals surface area (Å²) in [6.07, 6.45) is 4.75. The van der Waals surface area contributed by atoms with Crippen LogP contribution in [0.5, 0.6) is 0 Å². The van der Waals surface area contributed by atoms with Crippen molar-refractivity contribution < 1.29 is 14.1 Å². The fraction of sp³-hybridized carbons (Fsp3) is 0.462. The molecule has 2 rings (SSSR count). The van der Waals surface area contributed by atoms with Gasteiger partial charge in [0.25, 0.3) is 11.6 Å². The second-order valence-corrected chi connectivity index (χ2v) is 5.90. The highest BCUT2D eigenvalue weighted by atomic mass is 32.2. The number of hydrogen-bond donors (Lipinski definition) is 1. The molecule has 2 atom stereocenters. The van der Waals surface area contributed by atoms with Crippen LogP contribution in [0.15, 0.2) is 18.2 Å². The molecule has 0 spiro atoms. The number of hydrogen-bond acceptors (Lipinski definition) is 4. The van der Waals surface area contributed by atoms with Crippen molar-refractivity contribution >= 4 is 23.4 Å². The van der Waals surface area contributed by atoms with Crippen molar-refractivity contribution in [2.45, 2.75) is 30.6 Å². The van der Waals surface area contributed by atoms with E-state index in [1.807, 2.05) is 6.26 Å². The molecule has 0 radical (unpaired) electrons. The molecule has 7 heteroatoms. The van der Waals surface area contributed by atoms with Gasteiger partial charge in [0, 0.05) is 23.4 Å². The Morgan fingerprint density at radius 3 is 2.85 bits per heavy atom. The van der Waals surface area contributed by atoms with Crippen molar-refractivity contribution in [3.63, 3.8) is 0 Å². The number of nitro benzene ring substituents is 1. The quantitative estimate of drug-likeness (QED) is 0.685. The van der Waals surface area contributed by atoms with Crippen LogP contribution in [0.2, 0.25) is 0 Å². The highest BCUT2D eigenvalue weighted by Crippen LogP contribution is 2.28. The van der Waals surface area contributed by atoms with Crippen LogP contribution in [0.25, 0.3) is 0 Å². The third kappa shape index (κ3) is 3.27. The number of thioether (sulfide) groups is 1. The molecule has 2 unspecified atom stereocenters. The Labute approximate surface area is 120 Å². The van der Waals surface area contributed by atoms with Gasteiger partial charge in [-0.25, -0.2) is 4.39 Å². The molecular formula is C13H15FN2O3S. The molecule has 1 fully saturated rings. The number of non-ortho nitro benzene ring substituents is 1. The second kappa shape index (κ2) is 6.21. The van der Waals surface area contributed by atoms with E-state index >= 15 is 0 Å². The molecule has 20 heavy (non-hydrogen) atoms. The van der Waals surface area contributed by atoms with E-state index in [-0.39, 0.29) is 17.3 Å². The summed E-state index contributed by atoms with van der Waals surface area (Å²) in [5, 5.41) is 13.9. The second-order valence-electron chi connectivity index (χ2n) is 4.76. The Kier molecular flexibility index (Phi) is 4.59. The van der Waals surface area contributed by atoms with Crippen LogP contribution < -0.4 is 5.32 Å². The number of rotatable bonds is 4. The fourth-order valence-corrected chi connectivity index (χ4v) is 3.15. The highest BCUT2D eigenvalue weighted by Gasteiger charge is 2.26. The zero-order valence-corrected chi connectivity index (χ0v) is 11.8. The van der Waals surface area contributed by atoms with Crippen LogP contribution in [0.3, 0.4) is 0 Å². The molecule has 0 aliphatic heterocycles. The number of nitrogens with zero attached hydrogens (tertiary/aromatic N) is 1. The van der Waals surface area contributed by atoms with Crippen molar-refractivity contribution in [3.8, 4) is 0 Å². The van der Waals surface area contributed by atoms with Crippen LogP contribution in [0, 0.1) is 15.9 Å². The first-order chi connectivity index (χ1) is 9.51. The fourth-order valence-electron chi connectivity index (χ4n) is 2.35. The Hall–Kier alpha value is -1.63. The first-order valence-corrected chi connectivity index (χ1v) is 7.57. The van der Waals surface area contributed by atoms with E-state index in [2.05, 4.69) is 5.32 Å². The SMILES string of the molecule is CSC1CCC(NC(=O)c2cc([N+](=O)[O-])ccc2F)C1. The minimum atomic E-state index is -0.743. The molecule has 0 bridgehead atoms. The van der Waals surface area contributed by atoms with Gasteiger partial charge in [-0.05, 0) is 31.6 Å². The van der Waals surface area contributed by atoms with Crippen LogP contribution in [0.1, 0.15) is 29.6 Å². The Morgan fingerprint density at radius 2 is 2.25 bits per heavy atom. The number of benzene rings is 1. The maximum absolute atomic E-state index is 13.6. The highest BCUT2D eigenvalue weighted by molar-refractivity contribution is 7.99. The van der Waals surface area contributed by atoms with Gasteiger partial charge in [0.2, 0.25) is 0 Å². The van der Waals surface area contributed by atoms with E-state index in [4.69, 9.17) is 0 Å². The van der Waals surface area contributed by atoms with Crippen LogP contribution in [-0.2, 0) is 0 Å². The smallest absolute Gasteiger partial charge is 0.270 e. The van der Waals surface area contributed by atoms with E-state index in [1.165, 1.54) is 0 Å². The third-order valence-corrected chi connectivity index (χ3v) is 4.55. The van der Waals surface area contributed by atoms with Crippen molar-refractivity contribution in [2.24, 2.45) is 0 Å². The van der Waals surface area contributed by atoms with Crippen LogP contribution in [0.4, 0.5) is 10.1 Å². The van der Waals surface area contributed by atoms with Crippen LogP contribution >= 0.6 is 11.8 Å². The van der Waals surface area contributed by atoms with Gasteiger partial charge in [-0.2, -0.15) is 11.8 Å². The zero-order chi connectivity index (χ0) is 14.7. The zero-order valence-electron chi connectivity index (χ0n) is 11.0. The van der Waals surface area contributed by atoms with Crippen molar-refractivity contribution in [1.29, 1.82) is 0 Å². The number of amides is 1. The van der Waals surface area contributed by atoms with E-state index in [9.17, 15) is 19.3 Å². The maximum Gasteiger partial charge on any atom is 0.270 e. The summed E-state index contributed by atoms with van der Waals surface area (Å²) in [5.74, 6) is -1.33. The molecule has 1 aliphatic carbocycles. The van der Waals surface area contributed by atoms with Gasteiger partial charge in [-0.1, -0.05) is 0 Å². The summed E-state index contributed by atoms with van der Waals surface area (Å²) < 4.78 is 13.6. The Bertz CT molecular complexity index is 538. The molecule has 1 saturated carbocycles. The van der Waals surface area contributed by atoms with Gasteiger partial charge >= 0.3 is 0 Å². The first kappa shape index (κ1) is 14.8. The summed E-state index contributed by atoms with van der Waals surface area (Å²) >= 11 is 1.75. The molecule has 5 nitrogen and oxygen atoms in total. The van der Waals surface area contributed by atoms with E-state index in [0.717, 1.165) is 37.5 Å². The lowest BCUT2D eigenvalue weighted by Gasteiger charge is -2.13. The van der Waals surface area contributed by atoms with E-state index in [0.29, 0.717) is 5.25 Å². The molecule has 1 aromatic rings. The number of carbonyl (C=O) groups is 1. The van der Waals surface area contributed by atoms with Gasteiger partial charge in [0.05, 0.1) is 10.5 Å². The maximum atomic E-state index is 13.6. The van der Waals surface area contributed by atoms with Gasteiger partial charge < -0.3 is 5.32 Å². The van der Waals surface area contributed by atoms with Gasteiger partial charge in [-0.3, -0.25) is 14.9 Å². The molecular weight excluding hydrogens is 283 g/mol. The molecule has 108 valence electrons. The normalized spacial score (nSPS) is 21.7. The molecule has 0 aromatic heterocycles. The molecule has 0 saturated heterocycles. The monoisotopic (exact) mass is 298 g/mol. The number of carbonyl (C=O) groups excluding carboxylic acids is 1. The minimum Gasteiger partial charge on any atom is -0.349 e. The van der Waals surface area contributed by atoms with Crippen molar-refractivity contribution in [3.05, 3.63) is 39.7 Å². The van der Waals surface area contributed by atoms with Gasteiger partial charge in [-0.15, -0.1) is 0 Å². The molecule has 1 aliphatic rings. The summed E-state index contributed by atoms with van der Waals surface area (Å²) in [6.45, 7) is 0. The lowest BCUT2D eigenvalue weighted by Crippen LogP contribution is -2.33. The predicted molar refractivity (Wildman–Crippen MR) is 75.5 cm³/mol. The molecule has 1 N–H and O–H groups in total. The third-order valence-electron chi connectivity index (χ3n) is 3.46. The summed E-state index contributed by atoms with van der Waals surface area (Å²) in [6, 6.07) is 2.99. The lowest BCUT2D eigenvalue weighted by atomic mass is 10.1. The number of nitro groups is 1. The van der Waals surface area contributed by atoms with Crippen LogP contribution in [-0.4, -0.2) is 28.4 Å². The van der Waals surface area contributed by atoms with E-state index < -0.39 is 16.6 Å². The molecule has 1 amide bonds. The first-order valence-electron chi connectivity index (χ1n) is 6.29. The Balaban J connectivity index is 2.09. The lowest BCUT2D eigenvalue weighted by molar-refractivity contribution is -0.384. The average molecular weight is 298 g/mol. The predicted octanol–water partition coefficient (Wildman–Crippen LogP) is 2.75. The number of halogens is 1. The summed E-state index contributed by atoms with van der Waals surface area (Å²) in [5.41, 5.74) is -0.559. The largest absolute Gasteiger partial charge is 0.349 e. The topological polar surface area (TPSA) is 72.2 Å². The minimum absolute atomic E-state index is 0.0126.